The van der Waals surface area contributed by atoms with Crippen molar-refractivity contribution in [2.75, 3.05) is 46.8 Å². The number of benzene rings is 3. The number of hydrogen-bond acceptors (Lipinski definition) is 19. The number of nitrogens with one attached hydrogen (secondary N) is 6. The van der Waals surface area contributed by atoms with Gasteiger partial charge in [-0.1, -0.05) is 18.2 Å². The number of halogens is 3. The first-order valence-electron chi connectivity index (χ1n) is 22.9. The normalized spacial score (nSPS) is 12.3. The Morgan fingerprint density at radius 2 is 0.987 bits per heavy atom. The molecule has 0 aliphatic rings. The predicted octanol–water partition coefficient (Wildman–Crippen LogP) is 6.30. The summed E-state index contributed by atoms with van der Waals surface area (Å²) in [6.07, 6.45) is 3.79. The Kier molecular flexibility index (Phi) is 22.3. The Hall–Kier alpha value is -6.41. The third-order valence-electron chi connectivity index (χ3n) is 9.59. The zero-order chi connectivity index (χ0) is 57.5. The van der Waals surface area contributed by atoms with Crippen molar-refractivity contribution in [1.82, 2.24) is 38.8 Å². The number of para-hydroxylation sites is 1. The number of nitrogens with zero attached hydrogens (tertiary/aromatic N) is 5. The molecule has 0 radical (unpaired) electrons. The molecule has 76 heavy (non-hydrogen) atoms. The molecule has 0 bridgehead atoms. The van der Waals surface area contributed by atoms with Gasteiger partial charge in [0.2, 0.25) is 10.0 Å². The first-order chi connectivity index (χ1) is 34.9. The number of aromatic nitrogens is 4. The van der Waals surface area contributed by atoms with Crippen molar-refractivity contribution in [2.24, 2.45) is 0 Å². The molecule has 31 heteroatoms. The average Bonchev–Trinajstić information content (AvgIpc) is 3.25. The number of fused-ring (bicyclic) bond motifs is 2. The Morgan fingerprint density at radius 1 is 0.592 bits per heavy atom. The molecule has 3 aromatic carbocycles. The van der Waals surface area contributed by atoms with Crippen LogP contribution in [0.15, 0.2) is 67.3 Å². The third-order valence-corrected chi connectivity index (χ3v) is 15.1. The molecule has 0 aliphatic carbocycles. The van der Waals surface area contributed by atoms with E-state index in [9.17, 15) is 61.5 Å². The highest BCUT2D eigenvalue weighted by atomic mass is 32.3. The summed E-state index contributed by atoms with van der Waals surface area (Å²) in [5.41, 5.74) is -3.28. The first-order valence-corrected chi connectivity index (χ1v) is 29.2. The molecule has 0 spiro atoms. The average molecular weight is 1150 g/mol. The first kappa shape index (κ1) is 63.9. The van der Waals surface area contributed by atoms with Gasteiger partial charge in [0.1, 0.15) is 41.2 Å². The summed E-state index contributed by atoms with van der Waals surface area (Å²) in [7, 11) is -18.6. The minimum Gasteiger partial charge on any atom is -0.508 e. The van der Waals surface area contributed by atoms with E-state index in [4.69, 9.17) is 9.47 Å². The molecule has 2 amide bonds. The van der Waals surface area contributed by atoms with E-state index in [0.717, 1.165) is 39.8 Å². The molecule has 0 saturated heterocycles. The number of carbonyl (C=O) groups is 2. The van der Waals surface area contributed by atoms with E-state index in [0.29, 0.717) is 56.4 Å². The van der Waals surface area contributed by atoms with Gasteiger partial charge in [-0.05, 0) is 135 Å². The molecule has 0 unspecified atom stereocenters. The molecule has 422 valence electrons. The maximum absolute atomic E-state index is 12.4. The lowest BCUT2D eigenvalue weighted by atomic mass is 10.1. The van der Waals surface area contributed by atoms with Crippen LogP contribution in [0.5, 0.6) is 5.75 Å². The van der Waals surface area contributed by atoms with Gasteiger partial charge in [-0.3, -0.25) is 0 Å². The van der Waals surface area contributed by atoms with Gasteiger partial charge in [0.05, 0.1) is 23.0 Å². The van der Waals surface area contributed by atoms with Crippen LogP contribution >= 0.6 is 0 Å². The number of amides is 2. The second-order valence-electron chi connectivity index (χ2n) is 18.6. The van der Waals surface area contributed by atoms with Crippen LogP contribution in [-0.2, 0) is 49.9 Å². The molecule has 5 aromatic rings. The number of aromatic hydroxyl groups is 1. The van der Waals surface area contributed by atoms with Crippen molar-refractivity contribution in [3.63, 3.8) is 0 Å². The molecule has 0 fully saturated rings. The minimum atomic E-state index is -6.00. The van der Waals surface area contributed by atoms with Crippen LogP contribution in [0.3, 0.4) is 0 Å². The van der Waals surface area contributed by atoms with Crippen molar-refractivity contribution < 1.29 is 71.0 Å². The monoisotopic (exact) mass is 1150 g/mol. The fourth-order valence-corrected chi connectivity index (χ4v) is 10.4. The maximum atomic E-state index is 12.4. The summed E-state index contributed by atoms with van der Waals surface area (Å²) in [4.78, 5) is 40.0. The number of aryl methyl sites for hydroxylation is 3. The highest BCUT2D eigenvalue weighted by Gasteiger charge is 2.53. The van der Waals surface area contributed by atoms with Crippen LogP contribution in [0.1, 0.15) is 83.9 Å². The second-order valence-corrected chi connectivity index (χ2v) is 25.4. The summed E-state index contributed by atoms with van der Waals surface area (Å²) < 4.78 is 147. The molecule has 7 N–H and O–H groups in total. The number of rotatable bonds is 19. The Bertz CT molecular complexity index is 3100. The number of carbonyl (C=O) groups excluding carboxylic acids is 2. The molecule has 24 nitrogen and oxygen atoms in total. The number of alkyl halides is 3. The van der Waals surface area contributed by atoms with E-state index < -0.39 is 78.8 Å². The number of ether oxygens (including phenoxy) is 2. The van der Waals surface area contributed by atoms with E-state index >= 15 is 0 Å². The van der Waals surface area contributed by atoms with E-state index in [1.165, 1.54) is 42.0 Å². The number of sulfonamides is 2. The van der Waals surface area contributed by atoms with E-state index in [2.05, 4.69) is 46.1 Å². The SMILES string of the molecule is CS(=O)(=O)N(c1ccccc1)S(=O)(=O)C(F)(F)F.Cc1cc2c(NCCCCNS(=O)(=O)NC(=O)OC(C)(C)C)ncnc2cc1O.Cc1cc2ncnc(NCCCCNS(=O)(=O)NC(=O)OC(C)(C)C)c2cc1C. The highest BCUT2D eigenvalue weighted by Crippen LogP contribution is 2.33. The standard InChI is InChI=1S/C19H29N5O4S.C18H27N5O5S.C8H8F3NO4S2/c1-13-10-15-16(11-14(13)2)21-12-22-17(15)20-8-6-7-9-23-29(26,27)24-18(25)28-19(3,4)5;1-12-9-13-14(10-15(12)24)20-11-21-16(13)19-7-5-6-8-22-29(26,27)23-17(25)28-18(2,3)4;1-17(13,14)12(7-5-3-2-4-6-7)18(15,16)8(9,10)11/h10-12,23H,6-9H2,1-5H3,(H,24,25)(H,20,21,22);9-11,22,24H,5-8H2,1-4H3,(H,23,25)(H,19,20,21);2-6H,1H3. The molecule has 0 atom stereocenters. The van der Waals surface area contributed by atoms with Gasteiger partial charge in [0.15, 0.2) is 0 Å². The van der Waals surface area contributed by atoms with E-state index in [1.807, 2.05) is 30.7 Å². The number of hydrogen-bond donors (Lipinski definition) is 7. The number of phenolic OH excluding ortho intramolecular Hbond substituents is 1. The molecule has 0 saturated carbocycles. The van der Waals surface area contributed by atoms with E-state index in [-0.39, 0.29) is 18.8 Å². The number of anilines is 3. The summed E-state index contributed by atoms with van der Waals surface area (Å²) in [6.45, 7) is 17.3. The molecule has 0 aliphatic heterocycles. The topological polar surface area (TPSA) is 336 Å². The quantitative estimate of drug-likeness (QED) is 0.0446. The van der Waals surface area contributed by atoms with Crippen LogP contribution in [0.25, 0.3) is 21.8 Å². The van der Waals surface area contributed by atoms with E-state index in [1.54, 1.807) is 59.3 Å². The van der Waals surface area contributed by atoms with Crippen LogP contribution < -0.4 is 33.2 Å². The zero-order valence-corrected chi connectivity index (χ0v) is 46.6. The van der Waals surface area contributed by atoms with Gasteiger partial charge in [-0.15, -0.1) is 0 Å². The fourth-order valence-electron chi connectivity index (χ4n) is 6.17. The molecule has 2 heterocycles. The van der Waals surface area contributed by atoms with Crippen LogP contribution in [0.4, 0.5) is 40.1 Å². The third kappa shape index (κ3) is 21.3. The van der Waals surface area contributed by atoms with Gasteiger partial charge in [0, 0.05) is 43.0 Å². The van der Waals surface area contributed by atoms with Gasteiger partial charge in [-0.25, -0.2) is 47.4 Å². The number of phenols is 1. The highest BCUT2D eigenvalue weighted by molar-refractivity contribution is 8.10. The predicted molar refractivity (Wildman–Crippen MR) is 282 cm³/mol. The Balaban J connectivity index is 0.000000309. The summed E-state index contributed by atoms with van der Waals surface area (Å²) in [6, 6.07) is 13.2. The fraction of sp³-hybridized carbons (Fsp3) is 0.467. The van der Waals surface area contributed by atoms with Gasteiger partial charge in [-0.2, -0.15) is 51.6 Å². The maximum Gasteiger partial charge on any atom is 0.517 e. The number of unbranched alkanes of at least 4 members (excludes halogenated alkanes) is 2. The van der Waals surface area contributed by atoms with Crippen LogP contribution in [-0.4, -0.2) is 120 Å². The summed E-state index contributed by atoms with van der Waals surface area (Å²) >= 11 is 0. The van der Waals surface area contributed by atoms with Crippen molar-refractivity contribution in [1.29, 1.82) is 0 Å². The zero-order valence-electron chi connectivity index (χ0n) is 43.4. The Morgan fingerprint density at radius 3 is 1.39 bits per heavy atom. The second kappa shape index (κ2) is 26.6. The molecule has 5 rings (SSSR count). The molecular formula is C45H64F3N11O13S4. The lowest BCUT2D eigenvalue weighted by Crippen LogP contribution is -2.44. The minimum absolute atomic E-state index is 0.164. The van der Waals surface area contributed by atoms with Crippen molar-refractivity contribution in [3.05, 3.63) is 83.9 Å². The lowest BCUT2D eigenvalue weighted by Gasteiger charge is -2.22. The largest absolute Gasteiger partial charge is 0.517 e. The van der Waals surface area contributed by atoms with Crippen molar-refractivity contribution >= 4 is 91.8 Å². The van der Waals surface area contributed by atoms with Crippen LogP contribution in [0, 0.1) is 20.8 Å². The summed E-state index contributed by atoms with van der Waals surface area (Å²) in [5, 5.41) is 18.0. The molecular weight excluding hydrogens is 1090 g/mol. The van der Waals surface area contributed by atoms with Crippen molar-refractivity contribution in [3.8, 4) is 5.75 Å². The van der Waals surface area contributed by atoms with Gasteiger partial charge in [0.25, 0.3) is 0 Å². The molecule has 2 aromatic heterocycles. The van der Waals surface area contributed by atoms with Gasteiger partial charge >= 0.3 is 48.1 Å². The van der Waals surface area contributed by atoms with Crippen LogP contribution in [0.2, 0.25) is 0 Å². The van der Waals surface area contributed by atoms with Crippen molar-refractivity contribution in [2.45, 2.75) is 105 Å². The van der Waals surface area contributed by atoms with Gasteiger partial charge < -0.3 is 25.2 Å². The lowest BCUT2D eigenvalue weighted by molar-refractivity contribution is -0.0434. The Labute approximate surface area is 440 Å². The smallest absolute Gasteiger partial charge is 0.508 e. The summed E-state index contributed by atoms with van der Waals surface area (Å²) in [5.74, 6) is 1.57.